The maximum Gasteiger partial charge on any atom is 0.147 e. The molecule has 1 aromatic carbocycles. The van der Waals surface area contributed by atoms with Gasteiger partial charge in [0, 0.05) is 16.8 Å². The van der Waals surface area contributed by atoms with Gasteiger partial charge >= 0.3 is 0 Å². The number of rotatable bonds is 2. The first-order valence-corrected chi connectivity index (χ1v) is 5.11. The average Bonchev–Trinajstić information content (AvgIpc) is 2.29. The average molecular weight is 238 g/mol. The van der Waals surface area contributed by atoms with Crippen LogP contribution in [0.4, 0.5) is 4.39 Å². The van der Waals surface area contributed by atoms with Crippen molar-refractivity contribution in [1.82, 2.24) is 4.98 Å². The molecule has 4 heteroatoms. The van der Waals surface area contributed by atoms with E-state index in [0.29, 0.717) is 10.6 Å². The molecule has 2 nitrogen and oxygen atoms in total. The van der Waals surface area contributed by atoms with E-state index in [1.54, 1.807) is 24.3 Å². The Balaban J connectivity index is 2.44. The van der Waals surface area contributed by atoms with E-state index < -0.39 is 11.9 Å². The molecule has 1 aromatic heterocycles. The van der Waals surface area contributed by atoms with Crippen LogP contribution >= 0.6 is 11.6 Å². The normalized spacial score (nSPS) is 12.4. The lowest BCUT2D eigenvalue weighted by Gasteiger charge is -2.12. The van der Waals surface area contributed by atoms with Gasteiger partial charge in [-0.15, -0.1) is 0 Å². The molecule has 0 aliphatic heterocycles. The highest BCUT2D eigenvalue weighted by Crippen LogP contribution is 2.27. The first kappa shape index (κ1) is 11.0. The molecule has 0 fully saturated rings. The van der Waals surface area contributed by atoms with Crippen LogP contribution in [0.15, 0.2) is 42.6 Å². The summed E-state index contributed by atoms with van der Waals surface area (Å²) in [6, 6.07) is 9.47. The van der Waals surface area contributed by atoms with Gasteiger partial charge in [-0.1, -0.05) is 29.8 Å². The van der Waals surface area contributed by atoms with E-state index in [1.807, 2.05) is 0 Å². The van der Waals surface area contributed by atoms with Gasteiger partial charge < -0.3 is 5.11 Å². The molecular formula is C12H9ClFNO. The predicted octanol–water partition coefficient (Wildman–Crippen LogP) is 2.96. The van der Waals surface area contributed by atoms with Gasteiger partial charge in [-0.05, 0) is 18.2 Å². The lowest BCUT2D eigenvalue weighted by molar-refractivity contribution is 0.209. The molecule has 1 unspecified atom stereocenters. The van der Waals surface area contributed by atoms with Crippen LogP contribution in [-0.2, 0) is 0 Å². The minimum atomic E-state index is -1.14. The van der Waals surface area contributed by atoms with Crippen LogP contribution in [0.2, 0.25) is 5.02 Å². The molecule has 82 valence electrons. The molecule has 1 N–H and O–H groups in total. The lowest BCUT2D eigenvalue weighted by Crippen LogP contribution is -2.05. The fraction of sp³-hybridized carbons (Fsp3) is 0.0833. The van der Waals surface area contributed by atoms with Crippen LogP contribution in [0.3, 0.4) is 0 Å². The smallest absolute Gasteiger partial charge is 0.147 e. The predicted molar refractivity (Wildman–Crippen MR) is 59.7 cm³/mol. The van der Waals surface area contributed by atoms with Crippen molar-refractivity contribution in [3.63, 3.8) is 0 Å². The number of halogens is 2. The molecule has 0 amide bonds. The van der Waals surface area contributed by atoms with E-state index in [-0.39, 0.29) is 5.69 Å². The minimum absolute atomic E-state index is 0.0180. The standard InChI is InChI=1S/C12H9ClFNO/c13-9-5-2-1-4-8(9)12(16)11-10(14)6-3-7-15-11/h1-7,12,16H. The van der Waals surface area contributed by atoms with Crippen LogP contribution in [0.25, 0.3) is 0 Å². The van der Waals surface area contributed by atoms with Crippen LogP contribution < -0.4 is 0 Å². The molecule has 0 aliphatic carbocycles. The van der Waals surface area contributed by atoms with Crippen molar-refractivity contribution in [3.05, 3.63) is 64.7 Å². The fourth-order valence-electron chi connectivity index (χ4n) is 1.44. The van der Waals surface area contributed by atoms with Crippen LogP contribution in [0.5, 0.6) is 0 Å². The second-order valence-corrected chi connectivity index (χ2v) is 3.70. The van der Waals surface area contributed by atoms with Crippen molar-refractivity contribution in [3.8, 4) is 0 Å². The van der Waals surface area contributed by atoms with Crippen molar-refractivity contribution in [2.75, 3.05) is 0 Å². The van der Waals surface area contributed by atoms with Crippen molar-refractivity contribution >= 4 is 11.6 Å². The molecule has 2 aromatic rings. The summed E-state index contributed by atoms with van der Waals surface area (Å²) >= 11 is 5.91. The summed E-state index contributed by atoms with van der Waals surface area (Å²) in [7, 11) is 0. The molecule has 16 heavy (non-hydrogen) atoms. The molecule has 0 spiro atoms. The Labute approximate surface area is 97.3 Å². The minimum Gasteiger partial charge on any atom is -0.382 e. The van der Waals surface area contributed by atoms with E-state index in [9.17, 15) is 9.50 Å². The highest BCUT2D eigenvalue weighted by molar-refractivity contribution is 6.31. The van der Waals surface area contributed by atoms with Gasteiger partial charge in [0.1, 0.15) is 17.6 Å². The van der Waals surface area contributed by atoms with Crippen molar-refractivity contribution in [2.24, 2.45) is 0 Å². The lowest BCUT2D eigenvalue weighted by atomic mass is 10.1. The molecule has 1 heterocycles. The Bertz CT molecular complexity index is 458. The molecule has 0 radical (unpaired) electrons. The van der Waals surface area contributed by atoms with Gasteiger partial charge in [0.25, 0.3) is 0 Å². The SMILES string of the molecule is OC(c1ccccc1Cl)c1ncccc1F. The maximum absolute atomic E-state index is 13.4. The Morgan fingerprint density at radius 3 is 2.62 bits per heavy atom. The van der Waals surface area contributed by atoms with E-state index in [0.717, 1.165) is 0 Å². The third-order valence-electron chi connectivity index (χ3n) is 2.25. The summed E-state index contributed by atoms with van der Waals surface area (Å²) in [6.45, 7) is 0. The molecular weight excluding hydrogens is 229 g/mol. The summed E-state index contributed by atoms with van der Waals surface area (Å²) in [6.07, 6.45) is 0.285. The first-order chi connectivity index (χ1) is 7.70. The number of hydrogen-bond acceptors (Lipinski definition) is 2. The van der Waals surface area contributed by atoms with Crippen molar-refractivity contribution in [2.45, 2.75) is 6.10 Å². The first-order valence-electron chi connectivity index (χ1n) is 4.73. The van der Waals surface area contributed by atoms with Gasteiger partial charge in [-0.25, -0.2) is 4.39 Å². The number of nitrogens with zero attached hydrogens (tertiary/aromatic N) is 1. The van der Waals surface area contributed by atoms with Crippen molar-refractivity contribution in [1.29, 1.82) is 0 Å². The van der Waals surface area contributed by atoms with E-state index in [1.165, 1.54) is 18.3 Å². The topological polar surface area (TPSA) is 33.1 Å². The molecule has 0 bridgehead atoms. The monoisotopic (exact) mass is 237 g/mol. The van der Waals surface area contributed by atoms with Gasteiger partial charge in [-0.3, -0.25) is 4.98 Å². The maximum atomic E-state index is 13.4. The largest absolute Gasteiger partial charge is 0.382 e. The van der Waals surface area contributed by atoms with Gasteiger partial charge in [0.2, 0.25) is 0 Å². The molecule has 1 atom stereocenters. The summed E-state index contributed by atoms with van der Waals surface area (Å²) in [5.74, 6) is -0.546. The number of aliphatic hydroxyl groups is 1. The van der Waals surface area contributed by atoms with Crippen LogP contribution in [0.1, 0.15) is 17.4 Å². The second-order valence-electron chi connectivity index (χ2n) is 3.29. The van der Waals surface area contributed by atoms with E-state index in [2.05, 4.69) is 4.98 Å². The Morgan fingerprint density at radius 2 is 1.94 bits per heavy atom. The van der Waals surface area contributed by atoms with E-state index in [4.69, 9.17) is 11.6 Å². The Kier molecular flexibility index (Phi) is 3.17. The number of benzene rings is 1. The Hall–Kier alpha value is -1.45. The zero-order valence-electron chi connectivity index (χ0n) is 8.27. The Morgan fingerprint density at radius 1 is 1.19 bits per heavy atom. The highest BCUT2D eigenvalue weighted by Gasteiger charge is 2.18. The van der Waals surface area contributed by atoms with E-state index >= 15 is 0 Å². The quantitative estimate of drug-likeness (QED) is 0.871. The second kappa shape index (κ2) is 4.60. The highest BCUT2D eigenvalue weighted by atomic mass is 35.5. The molecule has 2 rings (SSSR count). The number of aliphatic hydroxyl groups excluding tert-OH is 1. The third kappa shape index (κ3) is 2.05. The molecule has 0 saturated carbocycles. The zero-order valence-corrected chi connectivity index (χ0v) is 9.03. The van der Waals surface area contributed by atoms with Gasteiger partial charge in [0.05, 0.1) is 0 Å². The van der Waals surface area contributed by atoms with Crippen LogP contribution in [0, 0.1) is 5.82 Å². The summed E-state index contributed by atoms with van der Waals surface area (Å²) in [5, 5.41) is 10.4. The summed E-state index contributed by atoms with van der Waals surface area (Å²) < 4.78 is 13.4. The number of pyridine rings is 1. The number of hydrogen-bond donors (Lipinski definition) is 1. The molecule has 0 saturated heterocycles. The fourth-order valence-corrected chi connectivity index (χ4v) is 1.68. The summed E-state index contributed by atoms with van der Waals surface area (Å²) in [4.78, 5) is 3.81. The summed E-state index contributed by atoms with van der Waals surface area (Å²) in [5.41, 5.74) is 0.428. The third-order valence-corrected chi connectivity index (χ3v) is 2.59. The van der Waals surface area contributed by atoms with Gasteiger partial charge in [-0.2, -0.15) is 0 Å². The zero-order chi connectivity index (χ0) is 11.5. The van der Waals surface area contributed by atoms with Gasteiger partial charge in [0.15, 0.2) is 0 Å². The van der Waals surface area contributed by atoms with Crippen molar-refractivity contribution < 1.29 is 9.50 Å². The van der Waals surface area contributed by atoms with Crippen LogP contribution in [-0.4, -0.2) is 10.1 Å². The molecule has 0 aliphatic rings. The number of aromatic nitrogens is 1.